The third-order valence-electron chi connectivity index (χ3n) is 3.27. The van der Waals surface area contributed by atoms with E-state index in [2.05, 4.69) is 17.4 Å². The molecule has 0 radical (unpaired) electrons. The van der Waals surface area contributed by atoms with Crippen molar-refractivity contribution in [2.24, 2.45) is 0 Å². The maximum atomic E-state index is 5.63. The molecule has 0 aromatic heterocycles. The Labute approximate surface area is 132 Å². The Balaban J connectivity index is 1.88. The molecule has 0 saturated carbocycles. The van der Waals surface area contributed by atoms with E-state index in [-0.39, 0.29) is 0 Å². The van der Waals surface area contributed by atoms with Crippen LogP contribution in [0.4, 0.5) is 0 Å². The van der Waals surface area contributed by atoms with E-state index >= 15 is 0 Å². The number of benzene rings is 2. The molecular weight excluding hydrogens is 278 g/mol. The molecule has 2 aromatic rings. The van der Waals surface area contributed by atoms with Crippen molar-refractivity contribution in [3.63, 3.8) is 0 Å². The molecule has 0 atom stereocenters. The summed E-state index contributed by atoms with van der Waals surface area (Å²) in [6, 6.07) is 16.3. The maximum absolute atomic E-state index is 5.63. The van der Waals surface area contributed by atoms with Crippen molar-refractivity contribution in [1.82, 2.24) is 5.32 Å². The van der Waals surface area contributed by atoms with Crippen LogP contribution in [0.3, 0.4) is 0 Å². The first-order chi connectivity index (χ1) is 10.8. The van der Waals surface area contributed by atoms with E-state index in [1.807, 2.05) is 36.4 Å². The van der Waals surface area contributed by atoms with Crippen LogP contribution in [0.1, 0.15) is 11.1 Å². The number of ether oxygens (including phenoxy) is 3. The van der Waals surface area contributed by atoms with Crippen molar-refractivity contribution in [3.05, 3.63) is 59.7 Å². The van der Waals surface area contributed by atoms with Crippen LogP contribution in [0.5, 0.6) is 11.5 Å². The minimum absolute atomic E-state index is 0.512. The van der Waals surface area contributed by atoms with Gasteiger partial charge in [0.25, 0.3) is 0 Å². The lowest BCUT2D eigenvalue weighted by atomic mass is 10.2. The van der Waals surface area contributed by atoms with Crippen molar-refractivity contribution in [3.8, 4) is 11.5 Å². The van der Waals surface area contributed by atoms with Gasteiger partial charge in [0, 0.05) is 20.2 Å². The number of hydrogen-bond acceptors (Lipinski definition) is 4. The average Bonchev–Trinajstić information content (AvgIpc) is 2.57. The van der Waals surface area contributed by atoms with E-state index in [4.69, 9.17) is 14.2 Å². The van der Waals surface area contributed by atoms with E-state index in [1.165, 1.54) is 5.56 Å². The molecule has 0 aliphatic rings. The molecule has 0 aliphatic carbocycles. The molecule has 22 heavy (non-hydrogen) atoms. The van der Waals surface area contributed by atoms with Gasteiger partial charge in [0.1, 0.15) is 6.61 Å². The largest absolute Gasteiger partial charge is 0.493 e. The molecule has 0 bridgehead atoms. The van der Waals surface area contributed by atoms with Crippen LogP contribution in [0, 0.1) is 0 Å². The lowest BCUT2D eigenvalue weighted by Gasteiger charge is -2.12. The standard InChI is InChI=1S/C18H23NO3/c1-20-10-11-22-17-9-8-16(12-18(17)21-2)14-19-13-15-6-4-3-5-7-15/h3-9,12,19H,10-11,13-14H2,1-2H3. The smallest absolute Gasteiger partial charge is 0.161 e. The Morgan fingerprint density at radius 3 is 2.32 bits per heavy atom. The Morgan fingerprint density at radius 1 is 0.818 bits per heavy atom. The molecule has 0 saturated heterocycles. The van der Waals surface area contributed by atoms with Crippen molar-refractivity contribution < 1.29 is 14.2 Å². The summed E-state index contributed by atoms with van der Waals surface area (Å²) in [6.07, 6.45) is 0. The molecule has 0 spiro atoms. The number of hydrogen-bond donors (Lipinski definition) is 1. The highest BCUT2D eigenvalue weighted by Crippen LogP contribution is 2.28. The second-order valence-electron chi connectivity index (χ2n) is 4.92. The Bertz CT molecular complexity index is 558. The third kappa shape index (κ3) is 5.06. The van der Waals surface area contributed by atoms with Crippen LogP contribution in [-0.2, 0) is 17.8 Å². The third-order valence-corrected chi connectivity index (χ3v) is 3.27. The van der Waals surface area contributed by atoms with Crippen LogP contribution < -0.4 is 14.8 Å². The summed E-state index contributed by atoms with van der Waals surface area (Å²) in [5, 5.41) is 3.42. The van der Waals surface area contributed by atoms with Gasteiger partial charge < -0.3 is 19.5 Å². The predicted octanol–water partition coefficient (Wildman–Crippen LogP) is 3.01. The minimum Gasteiger partial charge on any atom is -0.493 e. The zero-order chi connectivity index (χ0) is 15.6. The number of methoxy groups -OCH3 is 2. The quantitative estimate of drug-likeness (QED) is 0.723. The van der Waals surface area contributed by atoms with Gasteiger partial charge in [0.05, 0.1) is 13.7 Å². The fraction of sp³-hybridized carbons (Fsp3) is 0.333. The van der Waals surface area contributed by atoms with Crippen LogP contribution in [0.2, 0.25) is 0 Å². The van der Waals surface area contributed by atoms with E-state index in [0.717, 1.165) is 30.2 Å². The van der Waals surface area contributed by atoms with Gasteiger partial charge in [-0.1, -0.05) is 36.4 Å². The van der Waals surface area contributed by atoms with Crippen LogP contribution in [0.25, 0.3) is 0 Å². The highest BCUT2D eigenvalue weighted by Gasteiger charge is 2.05. The summed E-state index contributed by atoms with van der Waals surface area (Å²) in [5.41, 5.74) is 2.43. The summed E-state index contributed by atoms with van der Waals surface area (Å²) >= 11 is 0. The molecule has 0 unspecified atom stereocenters. The zero-order valence-electron chi connectivity index (χ0n) is 13.2. The molecule has 2 aromatic carbocycles. The average molecular weight is 301 g/mol. The summed E-state index contributed by atoms with van der Waals surface area (Å²) in [5.74, 6) is 1.49. The van der Waals surface area contributed by atoms with E-state index in [0.29, 0.717) is 13.2 Å². The Morgan fingerprint density at radius 2 is 1.59 bits per heavy atom. The highest BCUT2D eigenvalue weighted by molar-refractivity contribution is 5.43. The maximum Gasteiger partial charge on any atom is 0.161 e. The molecule has 2 rings (SSSR count). The molecule has 118 valence electrons. The van der Waals surface area contributed by atoms with Gasteiger partial charge in [0.2, 0.25) is 0 Å². The van der Waals surface area contributed by atoms with Gasteiger partial charge in [-0.05, 0) is 23.3 Å². The summed E-state index contributed by atoms with van der Waals surface area (Å²) in [7, 11) is 3.31. The van der Waals surface area contributed by atoms with Gasteiger partial charge in [-0.15, -0.1) is 0 Å². The monoisotopic (exact) mass is 301 g/mol. The fourth-order valence-corrected chi connectivity index (χ4v) is 2.12. The van der Waals surface area contributed by atoms with Gasteiger partial charge >= 0.3 is 0 Å². The van der Waals surface area contributed by atoms with Gasteiger partial charge in [-0.3, -0.25) is 0 Å². The lowest BCUT2D eigenvalue weighted by molar-refractivity contribution is 0.144. The highest BCUT2D eigenvalue weighted by atomic mass is 16.5. The molecule has 0 heterocycles. The van der Waals surface area contributed by atoms with E-state index < -0.39 is 0 Å². The molecule has 0 amide bonds. The SMILES string of the molecule is COCCOc1ccc(CNCc2ccccc2)cc1OC. The van der Waals surface area contributed by atoms with Crippen LogP contribution in [0.15, 0.2) is 48.5 Å². The molecule has 0 aliphatic heterocycles. The molecule has 4 nitrogen and oxygen atoms in total. The summed E-state index contributed by atoms with van der Waals surface area (Å²) in [4.78, 5) is 0. The van der Waals surface area contributed by atoms with Crippen molar-refractivity contribution >= 4 is 0 Å². The van der Waals surface area contributed by atoms with Crippen molar-refractivity contribution in [2.45, 2.75) is 13.1 Å². The zero-order valence-corrected chi connectivity index (χ0v) is 13.2. The second-order valence-corrected chi connectivity index (χ2v) is 4.92. The van der Waals surface area contributed by atoms with Gasteiger partial charge in [0.15, 0.2) is 11.5 Å². The van der Waals surface area contributed by atoms with E-state index in [1.54, 1.807) is 14.2 Å². The van der Waals surface area contributed by atoms with Crippen molar-refractivity contribution in [2.75, 3.05) is 27.4 Å². The van der Waals surface area contributed by atoms with E-state index in [9.17, 15) is 0 Å². The Kier molecular flexibility index (Phi) is 6.74. The van der Waals surface area contributed by atoms with Gasteiger partial charge in [-0.25, -0.2) is 0 Å². The Hall–Kier alpha value is -2.04. The minimum atomic E-state index is 0.512. The fourth-order valence-electron chi connectivity index (χ4n) is 2.12. The van der Waals surface area contributed by atoms with Gasteiger partial charge in [-0.2, -0.15) is 0 Å². The first-order valence-corrected chi connectivity index (χ1v) is 7.37. The predicted molar refractivity (Wildman–Crippen MR) is 87.4 cm³/mol. The summed E-state index contributed by atoms with van der Waals surface area (Å²) in [6.45, 7) is 2.70. The first-order valence-electron chi connectivity index (χ1n) is 7.37. The van der Waals surface area contributed by atoms with Crippen molar-refractivity contribution in [1.29, 1.82) is 0 Å². The van der Waals surface area contributed by atoms with Crippen LogP contribution in [-0.4, -0.2) is 27.4 Å². The molecule has 4 heteroatoms. The normalized spacial score (nSPS) is 10.5. The summed E-state index contributed by atoms with van der Waals surface area (Å²) < 4.78 is 16.0. The molecule has 1 N–H and O–H groups in total. The topological polar surface area (TPSA) is 39.7 Å². The molecular formula is C18H23NO3. The first kappa shape index (κ1) is 16.3. The second kappa shape index (κ2) is 9.07. The molecule has 0 fully saturated rings. The lowest BCUT2D eigenvalue weighted by Crippen LogP contribution is -2.12. The number of nitrogens with one attached hydrogen (secondary N) is 1. The van der Waals surface area contributed by atoms with Crippen LogP contribution >= 0.6 is 0 Å². The number of rotatable bonds is 9.